The molecule has 0 aliphatic carbocycles. The molecule has 0 spiro atoms. The third-order valence-corrected chi connectivity index (χ3v) is 6.15. The average Bonchev–Trinajstić information content (AvgIpc) is 3.37. The number of fused-ring (bicyclic) bond motifs is 2. The number of benzene rings is 1. The predicted octanol–water partition coefficient (Wildman–Crippen LogP) is 6.25. The minimum atomic E-state index is -4.42. The normalized spacial score (nSPS) is 14.1. The van der Waals surface area contributed by atoms with Gasteiger partial charge in [0.25, 0.3) is 0 Å². The Hall–Kier alpha value is -4.02. The number of H-pyrrole nitrogens is 1. The summed E-state index contributed by atoms with van der Waals surface area (Å²) in [7, 11) is 0. The van der Waals surface area contributed by atoms with Crippen LogP contribution in [0.15, 0.2) is 42.7 Å². The first-order valence-corrected chi connectivity index (χ1v) is 11.9. The van der Waals surface area contributed by atoms with E-state index in [1.165, 1.54) is 12.1 Å². The summed E-state index contributed by atoms with van der Waals surface area (Å²) >= 11 is 0. The van der Waals surface area contributed by atoms with Gasteiger partial charge in [-0.1, -0.05) is 0 Å². The number of carbonyl (C=O) groups excluding carboxylic acids is 1. The Morgan fingerprint density at radius 3 is 2.51 bits per heavy atom. The minimum Gasteiger partial charge on any atom is -0.444 e. The zero-order valence-corrected chi connectivity index (χ0v) is 20.9. The first kappa shape index (κ1) is 24.7. The first-order chi connectivity index (χ1) is 17.4. The van der Waals surface area contributed by atoms with Crippen LogP contribution in [0.5, 0.6) is 0 Å². The number of nitrogens with zero attached hydrogens (tertiary/aromatic N) is 4. The number of hydrogen-bond acceptors (Lipinski definition) is 5. The molecule has 5 rings (SSSR count). The largest absolute Gasteiger partial charge is 0.444 e. The molecule has 0 unspecified atom stereocenters. The van der Waals surface area contributed by atoms with E-state index in [9.17, 15) is 18.0 Å². The number of ether oxygens (including phenoxy) is 1. The summed E-state index contributed by atoms with van der Waals surface area (Å²) in [6, 6.07) is 6.70. The van der Waals surface area contributed by atoms with Gasteiger partial charge in [-0.05, 0) is 63.6 Å². The minimum absolute atomic E-state index is 0.263. The Kier molecular flexibility index (Phi) is 5.88. The molecule has 4 heterocycles. The molecule has 0 saturated carbocycles. The molecular weight excluding hydrogens is 485 g/mol. The van der Waals surface area contributed by atoms with Crippen molar-refractivity contribution in [1.29, 1.82) is 0 Å². The Bertz CT molecular complexity index is 1460. The maximum atomic E-state index is 13.1. The van der Waals surface area contributed by atoms with Crippen LogP contribution in [0.1, 0.15) is 37.6 Å². The Labute approximate surface area is 211 Å². The Morgan fingerprint density at radius 1 is 1.11 bits per heavy atom. The van der Waals surface area contributed by atoms with Gasteiger partial charge < -0.3 is 19.9 Å². The number of amides is 1. The van der Waals surface area contributed by atoms with E-state index in [2.05, 4.69) is 15.3 Å². The van der Waals surface area contributed by atoms with E-state index < -0.39 is 23.4 Å². The highest BCUT2D eigenvalue weighted by Gasteiger charge is 2.32. The van der Waals surface area contributed by atoms with Crippen molar-refractivity contribution in [1.82, 2.24) is 24.6 Å². The smallest absolute Gasteiger partial charge is 0.416 e. The quantitative estimate of drug-likeness (QED) is 0.339. The fourth-order valence-electron chi connectivity index (χ4n) is 4.48. The van der Waals surface area contributed by atoms with Crippen molar-refractivity contribution in [2.45, 2.75) is 52.6 Å². The van der Waals surface area contributed by atoms with E-state index in [1.54, 1.807) is 11.1 Å². The van der Waals surface area contributed by atoms with E-state index in [0.29, 0.717) is 30.2 Å². The van der Waals surface area contributed by atoms with Gasteiger partial charge in [0.1, 0.15) is 11.2 Å². The molecule has 0 radical (unpaired) electrons. The van der Waals surface area contributed by atoms with Crippen molar-refractivity contribution in [2.24, 2.45) is 0 Å². The number of carbonyl (C=O) groups is 1. The maximum absolute atomic E-state index is 13.1. The highest BCUT2D eigenvalue weighted by atomic mass is 19.4. The molecule has 0 fully saturated rings. The second kappa shape index (κ2) is 8.82. The highest BCUT2D eigenvalue weighted by Crippen LogP contribution is 2.40. The van der Waals surface area contributed by atoms with Crippen molar-refractivity contribution in [3.8, 4) is 11.1 Å². The second-order valence-corrected chi connectivity index (χ2v) is 10.0. The van der Waals surface area contributed by atoms with Gasteiger partial charge in [-0.3, -0.25) is 4.68 Å². The number of hydrogen-bond donors (Lipinski definition) is 2. The summed E-state index contributed by atoms with van der Waals surface area (Å²) in [5.74, 6) is 0.480. The van der Waals surface area contributed by atoms with E-state index >= 15 is 0 Å². The molecule has 0 bridgehead atoms. The third kappa shape index (κ3) is 4.85. The summed E-state index contributed by atoms with van der Waals surface area (Å²) in [5.41, 5.74) is 3.19. The molecular formula is C26H27F3N6O2. The molecule has 8 nitrogen and oxygen atoms in total. The van der Waals surface area contributed by atoms with E-state index in [4.69, 9.17) is 9.84 Å². The molecule has 37 heavy (non-hydrogen) atoms. The molecule has 4 aromatic rings. The fourth-order valence-corrected chi connectivity index (χ4v) is 4.48. The van der Waals surface area contributed by atoms with Crippen LogP contribution in [0.3, 0.4) is 0 Å². The summed E-state index contributed by atoms with van der Waals surface area (Å²) in [4.78, 5) is 22.1. The monoisotopic (exact) mass is 512 g/mol. The lowest BCUT2D eigenvalue weighted by atomic mass is 10.00. The predicted molar refractivity (Wildman–Crippen MR) is 133 cm³/mol. The average molecular weight is 513 g/mol. The van der Waals surface area contributed by atoms with Crippen molar-refractivity contribution in [3.05, 3.63) is 59.5 Å². The highest BCUT2D eigenvalue weighted by molar-refractivity contribution is 5.99. The lowest BCUT2D eigenvalue weighted by molar-refractivity contribution is -0.137. The number of pyridine rings is 1. The molecule has 1 aromatic carbocycles. The van der Waals surface area contributed by atoms with Gasteiger partial charge in [-0.15, -0.1) is 0 Å². The number of anilines is 2. The number of alkyl halides is 3. The number of aromatic amines is 1. The summed E-state index contributed by atoms with van der Waals surface area (Å²) in [6.45, 7) is 8.54. The number of rotatable bonds is 3. The molecule has 1 amide bonds. The van der Waals surface area contributed by atoms with Crippen LogP contribution in [-0.4, -0.2) is 42.9 Å². The lowest BCUT2D eigenvalue weighted by Gasteiger charge is -2.30. The van der Waals surface area contributed by atoms with Crippen LogP contribution < -0.4 is 5.32 Å². The van der Waals surface area contributed by atoms with Crippen LogP contribution in [0.2, 0.25) is 0 Å². The number of nitrogens with one attached hydrogen (secondary N) is 2. The van der Waals surface area contributed by atoms with Gasteiger partial charge in [0.2, 0.25) is 0 Å². The lowest BCUT2D eigenvalue weighted by Crippen LogP contribution is -2.41. The molecule has 194 valence electrons. The van der Waals surface area contributed by atoms with Gasteiger partial charge in [0, 0.05) is 35.6 Å². The third-order valence-electron chi connectivity index (χ3n) is 6.15. The summed E-state index contributed by atoms with van der Waals surface area (Å²) in [6.07, 6.45) is -1.28. The van der Waals surface area contributed by atoms with Crippen LogP contribution in [0.25, 0.3) is 22.2 Å². The van der Waals surface area contributed by atoms with Crippen molar-refractivity contribution in [3.63, 3.8) is 0 Å². The van der Waals surface area contributed by atoms with E-state index in [0.717, 1.165) is 39.9 Å². The number of halogens is 3. The SMILES string of the molecule is Cc1c[nH]c2nccc(-c3c(Nc4ccc(C(F)(F)F)cc4)nn4c3CN(C(=O)OC(C)(C)C)CC4)c12. The first-order valence-electron chi connectivity index (χ1n) is 11.9. The zero-order valence-electron chi connectivity index (χ0n) is 20.9. The van der Waals surface area contributed by atoms with Crippen LogP contribution in [-0.2, 0) is 24.0 Å². The molecule has 1 aliphatic heterocycles. The standard InChI is InChI=1S/C26H27F3N6O2/c1-15-13-31-22-20(15)18(9-10-30-22)21-19-14-34(24(36)37-25(2,3)4)11-12-35(19)33-23(21)32-17-7-5-16(6-8-17)26(27,28)29/h5-10,13H,11-12,14H2,1-4H3,(H,30,31)(H,32,33). The van der Waals surface area contributed by atoms with E-state index in [1.807, 2.05) is 44.6 Å². The van der Waals surface area contributed by atoms with Crippen LogP contribution in [0.4, 0.5) is 29.5 Å². The van der Waals surface area contributed by atoms with Crippen LogP contribution >= 0.6 is 0 Å². The Morgan fingerprint density at radius 2 is 1.84 bits per heavy atom. The van der Waals surface area contributed by atoms with Gasteiger partial charge >= 0.3 is 12.3 Å². The van der Waals surface area contributed by atoms with Gasteiger partial charge in [0.15, 0.2) is 5.82 Å². The molecule has 0 saturated heterocycles. The molecule has 11 heteroatoms. The van der Waals surface area contributed by atoms with Crippen LogP contribution in [0, 0.1) is 6.92 Å². The molecule has 2 N–H and O–H groups in total. The summed E-state index contributed by atoms with van der Waals surface area (Å²) < 4.78 is 46.6. The van der Waals surface area contributed by atoms with Crippen molar-refractivity contribution >= 4 is 28.6 Å². The zero-order chi connectivity index (χ0) is 26.5. The summed E-state index contributed by atoms with van der Waals surface area (Å²) in [5, 5.41) is 8.86. The van der Waals surface area contributed by atoms with Crippen molar-refractivity contribution in [2.75, 3.05) is 11.9 Å². The second-order valence-electron chi connectivity index (χ2n) is 10.0. The number of aromatic nitrogens is 4. The Balaban J connectivity index is 1.59. The van der Waals surface area contributed by atoms with Crippen molar-refractivity contribution < 1.29 is 22.7 Å². The fraction of sp³-hybridized carbons (Fsp3) is 0.346. The van der Waals surface area contributed by atoms with Gasteiger partial charge in [0.05, 0.1) is 29.9 Å². The van der Waals surface area contributed by atoms with Gasteiger partial charge in [-0.25, -0.2) is 9.78 Å². The van der Waals surface area contributed by atoms with Gasteiger partial charge in [-0.2, -0.15) is 18.3 Å². The molecule has 1 aliphatic rings. The number of aryl methyl sites for hydroxylation is 1. The molecule has 0 atom stereocenters. The topological polar surface area (TPSA) is 88.1 Å². The maximum Gasteiger partial charge on any atom is 0.416 e. The molecule has 3 aromatic heterocycles. The van der Waals surface area contributed by atoms with E-state index in [-0.39, 0.29) is 6.54 Å².